The monoisotopic (exact) mass is 276 g/mol. The van der Waals surface area contributed by atoms with Crippen molar-refractivity contribution >= 4 is 27.7 Å². The quantitative estimate of drug-likeness (QED) is 0.662. The fourth-order valence-electron chi connectivity index (χ4n) is 1.00. The van der Waals surface area contributed by atoms with Gasteiger partial charge in [0.25, 0.3) is 0 Å². The molecule has 0 bridgehead atoms. The lowest BCUT2D eigenvalue weighted by atomic mass is 10.3. The first-order chi connectivity index (χ1) is 6.76. The van der Waals surface area contributed by atoms with E-state index in [1.165, 1.54) is 0 Å². The minimum atomic E-state index is 0.176. The molecule has 0 aromatic carbocycles. The van der Waals surface area contributed by atoms with Gasteiger partial charge >= 0.3 is 0 Å². The van der Waals surface area contributed by atoms with E-state index in [1.807, 2.05) is 6.07 Å². The Kier molecular flexibility index (Phi) is 5.44. The molecule has 0 spiro atoms. The lowest BCUT2D eigenvalue weighted by Crippen LogP contribution is -1.97. The Morgan fingerprint density at radius 2 is 2.29 bits per heavy atom. The molecule has 0 aliphatic rings. The highest BCUT2D eigenvalue weighted by Crippen LogP contribution is 2.19. The van der Waals surface area contributed by atoms with Gasteiger partial charge in [-0.2, -0.15) is 0 Å². The fraction of sp³-hybridized carbons (Fsp3) is 0.556. The van der Waals surface area contributed by atoms with E-state index in [2.05, 4.69) is 32.8 Å². The number of aromatic nitrogens is 2. The van der Waals surface area contributed by atoms with E-state index in [4.69, 9.17) is 5.11 Å². The number of nitrogens with zero attached hydrogens (tertiary/aromatic N) is 2. The van der Waals surface area contributed by atoms with Gasteiger partial charge < -0.3 is 5.11 Å². The van der Waals surface area contributed by atoms with Crippen molar-refractivity contribution in [1.82, 2.24) is 9.97 Å². The molecule has 14 heavy (non-hydrogen) atoms. The summed E-state index contributed by atoms with van der Waals surface area (Å²) in [6.07, 6.45) is 1.94. The topological polar surface area (TPSA) is 46.0 Å². The van der Waals surface area contributed by atoms with Crippen molar-refractivity contribution in [2.24, 2.45) is 0 Å². The van der Waals surface area contributed by atoms with Crippen LogP contribution in [0, 0.1) is 0 Å². The van der Waals surface area contributed by atoms with Crippen LogP contribution in [-0.4, -0.2) is 27.4 Å². The summed E-state index contributed by atoms with van der Waals surface area (Å²) >= 11 is 4.89. The van der Waals surface area contributed by atoms with E-state index in [1.54, 1.807) is 11.8 Å². The zero-order valence-corrected chi connectivity index (χ0v) is 10.4. The van der Waals surface area contributed by atoms with E-state index in [9.17, 15) is 0 Å². The maximum atomic E-state index is 8.69. The molecule has 0 aliphatic carbocycles. The van der Waals surface area contributed by atoms with Crippen LogP contribution in [0.15, 0.2) is 15.7 Å². The molecule has 0 unspecified atom stereocenters. The van der Waals surface area contributed by atoms with Crippen molar-refractivity contribution in [3.8, 4) is 0 Å². The second-order valence-corrected chi connectivity index (χ2v) is 4.69. The van der Waals surface area contributed by atoms with Gasteiger partial charge in [-0.3, -0.25) is 0 Å². The van der Waals surface area contributed by atoms with E-state index in [-0.39, 0.29) is 6.61 Å². The molecule has 0 saturated heterocycles. The van der Waals surface area contributed by atoms with E-state index < -0.39 is 0 Å². The van der Waals surface area contributed by atoms with Crippen LogP contribution < -0.4 is 0 Å². The van der Waals surface area contributed by atoms with Crippen LogP contribution >= 0.6 is 27.7 Å². The summed E-state index contributed by atoms with van der Waals surface area (Å²) in [7, 11) is 0. The molecule has 0 aliphatic heterocycles. The maximum Gasteiger partial charge on any atom is 0.130 e. The third kappa shape index (κ3) is 3.94. The first-order valence-corrected chi connectivity index (χ1v) is 6.31. The minimum Gasteiger partial charge on any atom is -0.396 e. The maximum absolute atomic E-state index is 8.69. The molecule has 0 saturated carbocycles. The van der Waals surface area contributed by atoms with Crippen LogP contribution in [-0.2, 0) is 6.42 Å². The Morgan fingerprint density at radius 3 is 2.93 bits per heavy atom. The van der Waals surface area contributed by atoms with Crippen LogP contribution in [0.3, 0.4) is 0 Å². The van der Waals surface area contributed by atoms with Crippen LogP contribution in [0.1, 0.15) is 19.2 Å². The van der Waals surface area contributed by atoms with Gasteiger partial charge in [0, 0.05) is 18.2 Å². The third-order valence-electron chi connectivity index (χ3n) is 1.53. The summed E-state index contributed by atoms with van der Waals surface area (Å²) < 4.78 is 0.816. The fourth-order valence-corrected chi connectivity index (χ4v) is 2.24. The van der Waals surface area contributed by atoms with Crippen molar-refractivity contribution in [3.63, 3.8) is 0 Å². The molecule has 1 N–H and O–H groups in total. The van der Waals surface area contributed by atoms with Crippen LogP contribution in [0.4, 0.5) is 0 Å². The molecular formula is C9H13BrN2OS. The molecule has 3 nitrogen and oxygen atoms in total. The van der Waals surface area contributed by atoms with Gasteiger partial charge in [0.1, 0.15) is 15.5 Å². The largest absolute Gasteiger partial charge is 0.396 e. The Labute approximate surface area is 96.5 Å². The zero-order valence-electron chi connectivity index (χ0n) is 8.03. The number of hydrogen-bond acceptors (Lipinski definition) is 4. The Morgan fingerprint density at radius 1 is 1.50 bits per heavy atom. The Bertz CT molecular complexity index is 296. The van der Waals surface area contributed by atoms with E-state index in [0.717, 1.165) is 28.3 Å². The SMILES string of the molecule is CCCc1nc(Br)cc(SCCO)n1. The normalized spacial score (nSPS) is 10.5. The highest BCUT2D eigenvalue weighted by molar-refractivity contribution is 9.10. The number of aliphatic hydroxyl groups is 1. The average Bonchev–Trinajstić information content (AvgIpc) is 2.14. The molecule has 1 aromatic heterocycles. The van der Waals surface area contributed by atoms with Crippen molar-refractivity contribution < 1.29 is 5.11 Å². The van der Waals surface area contributed by atoms with E-state index in [0.29, 0.717) is 5.75 Å². The number of thioether (sulfide) groups is 1. The predicted molar refractivity (Wildman–Crippen MR) is 61.5 cm³/mol. The smallest absolute Gasteiger partial charge is 0.130 e. The zero-order chi connectivity index (χ0) is 10.4. The molecular weight excluding hydrogens is 264 g/mol. The molecule has 0 fully saturated rings. The van der Waals surface area contributed by atoms with Crippen molar-refractivity contribution in [2.75, 3.05) is 12.4 Å². The summed E-state index contributed by atoms with van der Waals surface area (Å²) in [4.78, 5) is 8.63. The highest BCUT2D eigenvalue weighted by atomic mass is 79.9. The molecule has 5 heteroatoms. The Hall–Kier alpha value is -0.130. The van der Waals surface area contributed by atoms with Crippen molar-refractivity contribution in [2.45, 2.75) is 24.8 Å². The van der Waals surface area contributed by atoms with Crippen LogP contribution in [0.25, 0.3) is 0 Å². The van der Waals surface area contributed by atoms with Gasteiger partial charge in [-0.05, 0) is 22.4 Å². The van der Waals surface area contributed by atoms with Gasteiger partial charge in [0.2, 0.25) is 0 Å². The molecule has 0 amide bonds. The summed E-state index contributed by atoms with van der Waals surface area (Å²) in [6, 6.07) is 1.87. The van der Waals surface area contributed by atoms with Crippen LogP contribution in [0.5, 0.6) is 0 Å². The summed E-state index contributed by atoms with van der Waals surface area (Å²) in [5, 5.41) is 9.61. The first-order valence-electron chi connectivity index (χ1n) is 4.53. The number of halogens is 1. The first kappa shape index (κ1) is 11.9. The van der Waals surface area contributed by atoms with Gasteiger partial charge in [-0.25, -0.2) is 9.97 Å². The molecule has 0 radical (unpaired) electrons. The summed E-state index contributed by atoms with van der Waals surface area (Å²) in [5.74, 6) is 1.54. The minimum absolute atomic E-state index is 0.176. The van der Waals surface area contributed by atoms with Gasteiger partial charge in [-0.1, -0.05) is 6.92 Å². The number of aliphatic hydroxyl groups excluding tert-OH is 1. The van der Waals surface area contributed by atoms with Crippen molar-refractivity contribution in [1.29, 1.82) is 0 Å². The van der Waals surface area contributed by atoms with E-state index >= 15 is 0 Å². The molecule has 1 aromatic rings. The van der Waals surface area contributed by atoms with Gasteiger partial charge in [0.05, 0.1) is 6.61 Å². The third-order valence-corrected chi connectivity index (χ3v) is 2.83. The number of hydrogen-bond donors (Lipinski definition) is 1. The van der Waals surface area contributed by atoms with Crippen molar-refractivity contribution in [3.05, 3.63) is 16.5 Å². The molecule has 78 valence electrons. The van der Waals surface area contributed by atoms with Crippen LogP contribution in [0.2, 0.25) is 0 Å². The Balaban J connectivity index is 2.73. The summed E-state index contributed by atoms with van der Waals surface area (Å²) in [5.41, 5.74) is 0. The number of rotatable bonds is 5. The average molecular weight is 277 g/mol. The molecule has 0 atom stereocenters. The summed E-state index contributed by atoms with van der Waals surface area (Å²) in [6.45, 7) is 2.28. The highest BCUT2D eigenvalue weighted by Gasteiger charge is 2.02. The molecule has 1 rings (SSSR count). The van der Waals surface area contributed by atoms with Gasteiger partial charge in [0.15, 0.2) is 0 Å². The second kappa shape index (κ2) is 6.37. The predicted octanol–water partition coefficient (Wildman–Crippen LogP) is 2.28. The standard InChI is InChI=1S/C9H13BrN2OS/c1-2-3-8-11-7(10)6-9(12-8)14-5-4-13/h6,13H,2-5H2,1H3. The molecule has 1 heterocycles. The lowest BCUT2D eigenvalue weighted by molar-refractivity contribution is 0.322. The lowest BCUT2D eigenvalue weighted by Gasteiger charge is -2.02. The number of aryl methyl sites for hydroxylation is 1. The second-order valence-electron chi connectivity index (χ2n) is 2.77. The van der Waals surface area contributed by atoms with Gasteiger partial charge in [-0.15, -0.1) is 11.8 Å².